The van der Waals surface area contributed by atoms with Crippen LogP contribution < -0.4 is 5.32 Å². The maximum atomic E-state index is 6.16. The Morgan fingerprint density at radius 2 is 1.95 bits per heavy atom. The van der Waals surface area contributed by atoms with Gasteiger partial charge in [0.15, 0.2) is 0 Å². The van der Waals surface area contributed by atoms with Crippen LogP contribution in [0.1, 0.15) is 25.5 Å². The fraction of sp³-hybridized carbons (Fsp3) is 0.357. The summed E-state index contributed by atoms with van der Waals surface area (Å²) in [5, 5.41) is 4.41. The van der Waals surface area contributed by atoms with E-state index in [1.54, 1.807) is 0 Å². The van der Waals surface area contributed by atoms with Crippen LogP contribution in [0.2, 0.25) is 10.0 Å². The quantitative estimate of drug-likeness (QED) is 0.837. The first-order chi connectivity index (χ1) is 9.11. The van der Waals surface area contributed by atoms with Crippen LogP contribution in [-0.4, -0.2) is 9.55 Å². The number of benzene rings is 1. The minimum absolute atomic E-state index is 0.593. The molecular formula is C14H17Cl2N3. The van der Waals surface area contributed by atoms with Gasteiger partial charge in [0.05, 0.1) is 21.4 Å². The van der Waals surface area contributed by atoms with Gasteiger partial charge in [-0.25, -0.2) is 4.98 Å². The molecule has 1 heterocycles. The Hall–Kier alpha value is -1.19. The molecule has 1 N–H and O–H groups in total. The first-order valence-electron chi connectivity index (χ1n) is 6.36. The van der Waals surface area contributed by atoms with Crippen LogP contribution >= 0.6 is 23.2 Å². The summed E-state index contributed by atoms with van der Waals surface area (Å²) in [6, 6.07) is 5.44. The first kappa shape index (κ1) is 14.2. The minimum Gasteiger partial charge on any atom is -0.323 e. The predicted molar refractivity (Wildman–Crippen MR) is 81.6 cm³/mol. The summed E-state index contributed by atoms with van der Waals surface area (Å²) < 4.78 is 2.10. The number of aromatic nitrogens is 2. The lowest BCUT2D eigenvalue weighted by Crippen LogP contribution is -2.04. The van der Waals surface area contributed by atoms with Crippen LogP contribution in [0.5, 0.6) is 0 Å². The third-order valence-corrected chi connectivity index (χ3v) is 3.48. The van der Waals surface area contributed by atoms with Gasteiger partial charge in [-0.15, -0.1) is 0 Å². The maximum Gasteiger partial charge on any atom is 0.207 e. The second-order valence-corrected chi connectivity index (χ2v) is 5.29. The third-order valence-electron chi connectivity index (χ3n) is 2.85. The van der Waals surface area contributed by atoms with E-state index in [2.05, 4.69) is 21.8 Å². The fourth-order valence-corrected chi connectivity index (χ4v) is 2.37. The van der Waals surface area contributed by atoms with Gasteiger partial charge in [0.2, 0.25) is 5.95 Å². The Balaban J connectivity index is 2.27. The Bertz CT molecular complexity index is 544. The minimum atomic E-state index is 0.593. The highest BCUT2D eigenvalue weighted by Gasteiger charge is 2.10. The van der Waals surface area contributed by atoms with Crippen molar-refractivity contribution >= 4 is 34.8 Å². The van der Waals surface area contributed by atoms with E-state index >= 15 is 0 Å². The molecule has 0 unspecified atom stereocenters. The summed E-state index contributed by atoms with van der Waals surface area (Å²) in [6.45, 7) is 5.07. The van der Waals surface area contributed by atoms with Gasteiger partial charge < -0.3 is 9.88 Å². The number of aryl methyl sites for hydroxylation is 2. The second kappa shape index (κ2) is 6.31. The van der Waals surface area contributed by atoms with Crippen molar-refractivity contribution in [2.24, 2.45) is 0 Å². The summed E-state index contributed by atoms with van der Waals surface area (Å²) in [4.78, 5) is 4.48. The topological polar surface area (TPSA) is 29.9 Å². The molecule has 0 bridgehead atoms. The molecule has 2 aromatic rings. The number of hydrogen-bond acceptors (Lipinski definition) is 2. The Kier molecular flexibility index (Phi) is 4.72. The number of para-hydroxylation sites is 1. The molecule has 0 atom stereocenters. The van der Waals surface area contributed by atoms with Crippen LogP contribution in [0.25, 0.3) is 0 Å². The maximum absolute atomic E-state index is 6.16. The van der Waals surface area contributed by atoms with Crippen LogP contribution in [0.3, 0.4) is 0 Å². The van der Waals surface area contributed by atoms with Crippen LogP contribution in [0.15, 0.2) is 24.4 Å². The largest absolute Gasteiger partial charge is 0.323 e. The lowest BCUT2D eigenvalue weighted by Gasteiger charge is -2.11. The zero-order valence-electron chi connectivity index (χ0n) is 11.1. The number of imidazole rings is 1. The summed E-state index contributed by atoms with van der Waals surface area (Å²) in [5.74, 6) is 0.779. The number of hydrogen-bond donors (Lipinski definition) is 1. The van der Waals surface area contributed by atoms with Crippen molar-refractivity contribution in [2.75, 3.05) is 5.32 Å². The van der Waals surface area contributed by atoms with E-state index in [-0.39, 0.29) is 0 Å². The second-order valence-electron chi connectivity index (χ2n) is 4.47. The molecule has 0 amide bonds. The van der Waals surface area contributed by atoms with Crippen molar-refractivity contribution in [2.45, 2.75) is 33.2 Å². The van der Waals surface area contributed by atoms with Gasteiger partial charge in [-0.3, -0.25) is 0 Å². The van der Waals surface area contributed by atoms with Gasteiger partial charge in [0, 0.05) is 12.7 Å². The SMILES string of the molecule is CCCCn1cc(C)nc1Nc1c(Cl)cccc1Cl. The molecule has 2 rings (SSSR count). The van der Waals surface area contributed by atoms with E-state index in [1.807, 2.05) is 31.3 Å². The summed E-state index contributed by atoms with van der Waals surface area (Å²) in [5.41, 5.74) is 1.68. The third kappa shape index (κ3) is 3.43. The molecule has 0 aliphatic heterocycles. The Morgan fingerprint density at radius 1 is 1.26 bits per heavy atom. The lowest BCUT2D eigenvalue weighted by molar-refractivity contribution is 0.637. The molecule has 1 aromatic carbocycles. The predicted octanol–water partition coefficient (Wildman–Crippen LogP) is 5.04. The molecule has 0 spiro atoms. The van der Waals surface area contributed by atoms with E-state index in [1.165, 1.54) is 0 Å². The van der Waals surface area contributed by atoms with Crippen LogP contribution in [-0.2, 0) is 6.54 Å². The van der Waals surface area contributed by atoms with E-state index in [9.17, 15) is 0 Å². The average Bonchev–Trinajstić information content (AvgIpc) is 2.72. The fourth-order valence-electron chi connectivity index (χ4n) is 1.87. The van der Waals surface area contributed by atoms with Crippen molar-refractivity contribution in [1.82, 2.24) is 9.55 Å². The molecule has 3 nitrogen and oxygen atoms in total. The first-order valence-corrected chi connectivity index (χ1v) is 7.12. The van der Waals surface area contributed by atoms with Gasteiger partial charge >= 0.3 is 0 Å². The molecule has 0 fully saturated rings. The average molecular weight is 298 g/mol. The lowest BCUT2D eigenvalue weighted by atomic mass is 10.3. The zero-order valence-corrected chi connectivity index (χ0v) is 12.6. The highest BCUT2D eigenvalue weighted by molar-refractivity contribution is 6.39. The molecule has 5 heteroatoms. The van der Waals surface area contributed by atoms with Crippen molar-refractivity contribution < 1.29 is 0 Å². The molecule has 0 aliphatic carbocycles. The molecule has 0 saturated heterocycles. The van der Waals surface area contributed by atoms with Crippen molar-refractivity contribution in [3.05, 3.63) is 40.1 Å². The number of unbranched alkanes of at least 4 members (excludes halogenated alkanes) is 1. The highest BCUT2D eigenvalue weighted by Crippen LogP contribution is 2.32. The summed E-state index contributed by atoms with van der Waals surface area (Å²) in [6.07, 6.45) is 4.28. The van der Waals surface area contributed by atoms with Crippen molar-refractivity contribution in [1.29, 1.82) is 0 Å². The summed E-state index contributed by atoms with van der Waals surface area (Å²) in [7, 11) is 0. The number of nitrogens with zero attached hydrogens (tertiary/aromatic N) is 2. The zero-order chi connectivity index (χ0) is 13.8. The van der Waals surface area contributed by atoms with Gasteiger partial charge in [-0.05, 0) is 25.5 Å². The smallest absolute Gasteiger partial charge is 0.207 e. The number of halogens is 2. The monoisotopic (exact) mass is 297 g/mol. The number of nitrogens with one attached hydrogen (secondary N) is 1. The van der Waals surface area contributed by atoms with E-state index in [0.717, 1.165) is 31.0 Å². The molecule has 19 heavy (non-hydrogen) atoms. The standard InChI is InChI=1S/C14H17Cl2N3/c1-3-4-8-19-9-10(2)17-14(19)18-13-11(15)6-5-7-12(13)16/h5-7,9H,3-4,8H2,1-2H3,(H,17,18). The molecular weight excluding hydrogens is 281 g/mol. The molecule has 1 aromatic heterocycles. The van der Waals surface area contributed by atoms with Gasteiger partial charge in [0.1, 0.15) is 0 Å². The van der Waals surface area contributed by atoms with Crippen molar-refractivity contribution in [3.63, 3.8) is 0 Å². The molecule has 0 aliphatic rings. The van der Waals surface area contributed by atoms with E-state index in [0.29, 0.717) is 15.7 Å². The van der Waals surface area contributed by atoms with Gasteiger partial charge in [-0.2, -0.15) is 0 Å². The summed E-state index contributed by atoms with van der Waals surface area (Å²) >= 11 is 12.3. The van der Waals surface area contributed by atoms with Crippen LogP contribution in [0, 0.1) is 6.92 Å². The van der Waals surface area contributed by atoms with Gasteiger partial charge in [0.25, 0.3) is 0 Å². The number of anilines is 2. The Labute approximate surface area is 123 Å². The Morgan fingerprint density at radius 3 is 2.58 bits per heavy atom. The van der Waals surface area contributed by atoms with Crippen molar-refractivity contribution in [3.8, 4) is 0 Å². The van der Waals surface area contributed by atoms with Crippen LogP contribution in [0.4, 0.5) is 11.6 Å². The highest BCUT2D eigenvalue weighted by atomic mass is 35.5. The normalized spacial score (nSPS) is 10.7. The molecule has 0 saturated carbocycles. The number of rotatable bonds is 5. The molecule has 0 radical (unpaired) electrons. The van der Waals surface area contributed by atoms with E-state index < -0.39 is 0 Å². The van der Waals surface area contributed by atoms with Gasteiger partial charge in [-0.1, -0.05) is 42.6 Å². The van der Waals surface area contributed by atoms with E-state index in [4.69, 9.17) is 23.2 Å². The molecule has 102 valence electrons.